The quantitative estimate of drug-likeness (QED) is 0.691. The van der Waals surface area contributed by atoms with Crippen LogP contribution in [0.15, 0.2) is 42.9 Å². The first-order chi connectivity index (χ1) is 12.4. The first-order valence-electron chi connectivity index (χ1n) is 7.65. The molecule has 0 aliphatic rings. The lowest BCUT2D eigenvalue weighted by Crippen LogP contribution is -2.24. The largest absolute Gasteiger partial charge is 0.480 e. The number of carboxylic acids is 1. The monoisotopic (exact) mass is 358 g/mol. The van der Waals surface area contributed by atoms with Crippen LogP contribution in [0.4, 0.5) is 10.3 Å². The minimum Gasteiger partial charge on any atom is -0.480 e. The number of carbonyl (C=O) groups is 2. The second-order valence-corrected chi connectivity index (χ2v) is 5.53. The Hall–Kier alpha value is -3.56. The number of amides is 1. The third-order valence-corrected chi connectivity index (χ3v) is 3.62. The van der Waals surface area contributed by atoms with E-state index in [0.29, 0.717) is 5.56 Å². The summed E-state index contributed by atoms with van der Waals surface area (Å²) in [6.45, 7) is 1.70. The van der Waals surface area contributed by atoms with Crippen molar-refractivity contribution in [2.24, 2.45) is 0 Å². The number of halogens is 1. The van der Waals surface area contributed by atoms with E-state index in [0.717, 1.165) is 4.68 Å². The molecule has 1 amide bonds. The molecular weight excluding hydrogens is 343 g/mol. The molecule has 2 heterocycles. The molecule has 0 saturated heterocycles. The molecule has 1 aromatic carbocycles. The number of hydrogen-bond donors (Lipinski definition) is 2. The molecular formula is C16H15FN6O3. The fourth-order valence-corrected chi connectivity index (χ4v) is 2.32. The fourth-order valence-electron chi connectivity index (χ4n) is 2.32. The summed E-state index contributed by atoms with van der Waals surface area (Å²) in [6.07, 6.45) is 2.74. The van der Waals surface area contributed by atoms with Crippen LogP contribution >= 0.6 is 0 Å². The number of rotatable bonds is 6. The molecule has 2 aromatic heterocycles. The van der Waals surface area contributed by atoms with Crippen LogP contribution < -0.4 is 5.32 Å². The van der Waals surface area contributed by atoms with Crippen LogP contribution in [-0.2, 0) is 11.3 Å². The zero-order valence-electron chi connectivity index (χ0n) is 13.7. The topological polar surface area (TPSA) is 115 Å². The Morgan fingerprint density at radius 3 is 2.88 bits per heavy atom. The normalized spacial score (nSPS) is 11.9. The van der Waals surface area contributed by atoms with Crippen molar-refractivity contribution in [3.05, 3.63) is 59.9 Å². The summed E-state index contributed by atoms with van der Waals surface area (Å²) in [6, 6.07) is 6.47. The van der Waals surface area contributed by atoms with Gasteiger partial charge in [-0.05, 0) is 30.7 Å². The first kappa shape index (κ1) is 17.3. The van der Waals surface area contributed by atoms with Crippen molar-refractivity contribution in [3.8, 4) is 0 Å². The van der Waals surface area contributed by atoms with Crippen molar-refractivity contribution < 1.29 is 19.1 Å². The number of nitrogens with one attached hydrogen (secondary N) is 1. The van der Waals surface area contributed by atoms with Crippen molar-refractivity contribution in [2.75, 3.05) is 5.32 Å². The van der Waals surface area contributed by atoms with Crippen LogP contribution in [0, 0.1) is 5.82 Å². The molecule has 0 fully saturated rings. The van der Waals surface area contributed by atoms with Gasteiger partial charge in [0.15, 0.2) is 0 Å². The Balaban J connectivity index is 1.71. The number of anilines is 1. The molecule has 26 heavy (non-hydrogen) atoms. The zero-order chi connectivity index (χ0) is 18.7. The molecule has 0 aliphatic heterocycles. The molecule has 2 N–H and O–H groups in total. The Bertz CT molecular complexity index is 951. The second kappa shape index (κ2) is 7.13. The number of carboxylic acid groups (broad SMARTS) is 1. The maximum atomic E-state index is 13.2. The van der Waals surface area contributed by atoms with Gasteiger partial charge >= 0.3 is 5.97 Å². The molecule has 134 valence electrons. The van der Waals surface area contributed by atoms with Gasteiger partial charge in [-0.3, -0.25) is 10.1 Å². The van der Waals surface area contributed by atoms with Crippen LogP contribution in [-0.4, -0.2) is 41.5 Å². The van der Waals surface area contributed by atoms with E-state index in [1.807, 2.05) is 0 Å². The lowest BCUT2D eigenvalue weighted by Gasteiger charge is -2.10. The molecule has 0 saturated carbocycles. The summed E-state index contributed by atoms with van der Waals surface area (Å²) in [5.41, 5.74) is 0.766. The van der Waals surface area contributed by atoms with Gasteiger partial charge in [0.2, 0.25) is 5.95 Å². The van der Waals surface area contributed by atoms with E-state index in [-0.39, 0.29) is 24.0 Å². The van der Waals surface area contributed by atoms with E-state index in [2.05, 4.69) is 20.5 Å². The molecule has 3 aromatic rings. The lowest BCUT2D eigenvalue weighted by atomic mass is 10.2. The van der Waals surface area contributed by atoms with Crippen LogP contribution in [0.1, 0.15) is 29.0 Å². The number of aliphatic carboxylic acids is 1. The molecule has 3 rings (SSSR count). The molecule has 10 heteroatoms. The Kier molecular flexibility index (Phi) is 4.74. The van der Waals surface area contributed by atoms with E-state index in [1.165, 1.54) is 42.3 Å². The number of hydrogen-bond acceptors (Lipinski definition) is 5. The number of nitrogens with zero attached hydrogens (tertiary/aromatic N) is 5. The van der Waals surface area contributed by atoms with Gasteiger partial charge in [0.25, 0.3) is 5.91 Å². The Morgan fingerprint density at radius 1 is 1.35 bits per heavy atom. The predicted molar refractivity (Wildman–Crippen MR) is 88.1 cm³/mol. The maximum Gasteiger partial charge on any atom is 0.328 e. The molecule has 9 nitrogen and oxygen atoms in total. The van der Waals surface area contributed by atoms with Crippen molar-refractivity contribution in [1.29, 1.82) is 0 Å². The minimum atomic E-state index is -1.11. The Morgan fingerprint density at radius 2 is 2.15 bits per heavy atom. The molecule has 1 atom stereocenters. The van der Waals surface area contributed by atoms with E-state index < -0.39 is 17.9 Å². The van der Waals surface area contributed by atoms with Gasteiger partial charge in [-0.15, -0.1) is 5.10 Å². The number of aromatic nitrogens is 5. The van der Waals surface area contributed by atoms with Gasteiger partial charge in [0, 0.05) is 6.20 Å². The van der Waals surface area contributed by atoms with E-state index in [4.69, 9.17) is 5.11 Å². The van der Waals surface area contributed by atoms with Crippen LogP contribution in [0.25, 0.3) is 0 Å². The van der Waals surface area contributed by atoms with Gasteiger partial charge in [-0.25, -0.2) is 23.5 Å². The van der Waals surface area contributed by atoms with Crippen LogP contribution in [0.5, 0.6) is 0 Å². The summed E-state index contributed by atoms with van der Waals surface area (Å²) >= 11 is 0. The third-order valence-electron chi connectivity index (χ3n) is 3.62. The third kappa shape index (κ3) is 3.74. The highest BCUT2D eigenvalue weighted by Gasteiger charge is 2.21. The van der Waals surface area contributed by atoms with E-state index in [1.54, 1.807) is 12.1 Å². The van der Waals surface area contributed by atoms with Crippen LogP contribution in [0.3, 0.4) is 0 Å². The molecule has 0 bridgehead atoms. The molecule has 0 radical (unpaired) electrons. The summed E-state index contributed by atoms with van der Waals surface area (Å²) < 4.78 is 15.8. The smallest absolute Gasteiger partial charge is 0.328 e. The fraction of sp³-hybridized carbons (Fsp3) is 0.188. The first-order valence-corrected chi connectivity index (χ1v) is 7.65. The summed E-state index contributed by atoms with van der Waals surface area (Å²) in [5.74, 6) is -2.00. The Labute approximate surface area is 147 Å². The molecule has 0 spiro atoms. The van der Waals surface area contributed by atoms with Crippen LogP contribution in [0.2, 0.25) is 0 Å². The van der Waals surface area contributed by atoms with Gasteiger partial charge < -0.3 is 5.11 Å². The highest BCUT2D eigenvalue weighted by Crippen LogP contribution is 2.11. The second-order valence-electron chi connectivity index (χ2n) is 5.53. The number of benzene rings is 1. The minimum absolute atomic E-state index is 0.0436. The zero-order valence-corrected chi connectivity index (χ0v) is 13.7. The highest BCUT2D eigenvalue weighted by atomic mass is 19.1. The SMILES string of the molecule is CC(C(=O)O)n1nccc1C(=O)Nc1ncn(Cc2cccc(F)c2)n1. The standard InChI is InChI=1S/C16H15FN6O3/c1-10(15(25)26)23-13(5-6-19-23)14(24)20-16-18-9-22(21-16)8-11-3-2-4-12(17)7-11/h2-7,9-10H,8H2,1H3,(H,25,26)(H,20,21,24). The average Bonchev–Trinajstić information content (AvgIpc) is 3.23. The average molecular weight is 358 g/mol. The van der Waals surface area contributed by atoms with Crippen molar-refractivity contribution >= 4 is 17.8 Å². The maximum absolute atomic E-state index is 13.2. The van der Waals surface area contributed by atoms with Crippen molar-refractivity contribution in [1.82, 2.24) is 24.5 Å². The van der Waals surface area contributed by atoms with Gasteiger partial charge in [-0.1, -0.05) is 12.1 Å². The summed E-state index contributed by atoms with van der Waals surface area (Å²) in [7, 11) is 0. The lowest BCUT2D eigenvalue weighted by molar-refractivity contribution is -0.140. The van der Waals surface area contributed by atoms with Gasteiger partial charge in [-0.2, -0.15) is 5.10 Å². The van der Waals surface area contributed by atoms with E-state index in [9.17, 15) is 14.0 Å². The number of carbonyl (C=O) groups excluding carboxylic acids is 1. The van der Waals surface area contributed by atoms with Gasteiger partial charge in [0.1, 0.15) is 23.9 Å². The van der Waals surface area contributed by atoms with E-state index >= 15 is 0 Å². The molecule has 1 unspecified atom stereocenters. The highest BCUT2D eigenvalue weighted by molar-refractivity contribution is 6.02. The van der Waals surface area contributed by atoms with Gasteiger partial charge in [0.05, 0.1) is 6.54 Å². The molecule has 0 aliphatic carbocycles. The summed E-state index contributed by atoms with van der Waals surface area (Å²) in [5, 5.41) is 19.5. The van der Waals surface area contributed by atoms with Crippen molar-refractivity contribution in [3.63, 3.8) is 0 Å². The van der Waals surface area contributed by atoms with Crippen molar-refractivity contribution in [2.45, 2.75) is 19.5 Å². The summed E-state index contributed by atoms with van der Waals surface area (Å²) in [4.78, 5) is 27.4. The predicted octanol–water partition coefficient (Wildman–Crippen LogP) is 1.56.